The molecule has 3 rings (SSSR count). The fraction of sp³-hybridized carbons (Fsp3) is 0.286. The van der Waals surface area contributed by atoms with Gasteiger partial charge in [-0.2, -0.15) is 0 Å². The fourth-order valence-corrected chi connectivity index (χ4v) is 4.24. The zero-order chi connectivity index (χ0) is 23.6. The third-order valence-electron chi connectivity index (χ3n) is 4.64. The molecule has 0 aliphatic rings. The lowest BCUT2D eigenvalue weighted by Gasteiger charge is -2.12. The summed E-state index contributed by atoms with van der Waals surface area (Å²) in [6.07, 6.45) is 3.07. The van der Waals surface area contributed by atoms with Crippen LogP contribution in [0.3, 0.4) is 0 Å². The number of aromatic amines is 1. The largest absolute Gasteiger partial charge is 0.345 e. The highest BCUT2D eigenvalue weighted by Crippen LogP contribution is 2.26. The van der Waals surface area contributed by atoms with Gasteiger partial charge >= 0.3 is 0 Å². The average molecular weight is 464 g/mol. The standard InChI is InChI=1S/C21H22F2N4O4S/c1-4-7-32(30,31)27-16-6-5-15(22)17(18(16)23)21(29)26-12-8-13-14(19(28)11(2)3)10-25-20(13)24-9-12/h5-6,8-11,27H,4,7H2,1-3H3,(H,24,25)(H,26,29). The van der Waals surface area contributed by atoms with Crippen molar-refractivity contribution in [3.05, 3.63) is 53.4 Å². The number of rotatable bonds is 8. The molecule has 0 atom stereocenters. The van der Waals surface area contributed by atoms with Gasteiger partial charge in [-0.1, -0.05) is 20.8 Å². The molecule has 32 heavy (non-hydrogen) atoms. The summed E-state index contributed by atoms with van der Waals surface area (Å²) in [5.74, 6) is -4.30. The topological polar surface area (TPSA) is 121 Å². The van der Waals surface area contributed by atoms with E-state index in [1.54, 1.807) is 20.8 Å². The zero-order valence-corrected chi connectivity index (χ0v) is 18.4. The Hall–Kier alpha value is -3.34. The Kier molecular flexibility index (Phi) is 6.58. The van der Waals surface area contributed by atoms with Crippen LogP contribution >= 0.6 is 0 Å². The summed E-state index contributed by atoms with van der Waals surface area (Å²) < 4.78 is 55.0. The van der Waals surface area contributed by atoms with E-state index in [4.69, 9.17) is 0 Å². The molecule has 0 radical (unpaired) electrons. The molecule has 0 fully saturated rings. The van der Waals surface area contributed by atoms with Crippen molar-refractivity contribution in [3.63, 3.8) is 0 Å². The number of carbonyl (C=O) groups excluding carboxylic acids is 2. The predicted molar refractivity (Wildman–Crippen MR) is 117 cm³/mol. The van der Waals surface area contributed by atoms with Gasteiger partial charge in [0, 0.05) is 23.1 Å². The minimum atomic E-state index is -3.85. The fourth-order valence-electron chi connectivity index (χ4n) is 3.11. The van der Waals surface area contributed by atoms with Crippen LogP contribution in [0.2, 0.25) is 0 Å². The number of hydrogen-bond acceptors (Lipinski definition) is 5. The number of Topliss-reactive ketones (excluding diaryl/α,β-unsaturated/α-hetero) is 1. The molecule has 8 nitrogen and oxygen atoms in total. The van der Waals surface area contributed by atoms with E-state index >= 15 is 0 Å². The molecule has 2 aromatic heterocycles. The molecule has 0 unspecified atom stereocenters. The lowest BCUT2D eigenvalue weighted by Crippen LogP contribution is -2.20. The van der Waals surface area contributed by atoms with Gasteiger partial charge in [-0.05, 0) is 24.6 Å². The summed E-state index contributed by atoms with van der Waals surface area (Å²) >= 11 is 0. The van der Waals surface area contributed by atoms with Gasteiger partial charge in [-0.15, -0.1) is 0 Å². The second-order valence-corrected chi connectivity index (χ2v) is 9.34. The van der Waals surface area contributed by atoms with E-state index in [1.807, 2.05) is 4.72 Å². The normalized spacial score (nSPS) is 11.7. The first-order valence-corrected chi connectivity index (χ1v) is 11.5. The van der Waals surface area contributed by atoms with Gasteiger partial charge in [0.25, 0.3) is 5.91 Å². The van der Waals surface area contributed by atoms with Gasteiger partial charge in [-0.3, -0.25) is 14.3 Å². The number of nitrogens with one attached hydrogen (secondary N) is 3. The summed E-state index contributed by atoms with van der Waals surface area (Å²) in [7, 11) is -3.85. The van der Waals surface area contributed by atoms with Crippen LogP contribution in [0.25, 0.3) is 11.0 Å². The van der Waals surface area contributed by atoms with Crippen LogP contribution < -0.4 is 10.0 Å². The van der Waals surface area contributed by atoms with E-state index in [0.29, 0.717) is 23.0 Å². The van der Waals surface area contributed by atoms with Crippen LogP contribution in [0, 0.1) is 17.6 Å². The molecule has 1 amide bonds. The molecule has 3 aromatic rings. The quantitative estimate of drug-likeness (QED) is 0.434. The molecular formula is C21H22F2N4O4S. The summed E-state index contributed by atoms with van der Waals surface area (Å²) in [5, 5.41) is 2.80. The number of ketones is 1. The monoisotopic (exact) mass is 464 g/mol. The lowest BCUT2D eigenvalue weighted by molar-refractivity contribution is 0.0940. The molecule has 0 saturated carbocycles. The van der Waals surface area contributed by atoms with Crippen molar-refractivity contribution in [3.8, 4) is 0 Å². The van der Waals surface area contributed by atoms with Gasteiger partial charge in [0.2, 0.25) is 10.0 Å². The van der Waals surface area contributed by atoms with Crippen molar-refractivity contribution in [1.29, 1.82) is 0 Å². The highest BCUT2D eigenvalue weighted by Gasteiger charge is 2.23. The van der Waals surface area contributed by atoms with Crippen LogP contribution in [0.1, 0.15) is 47.9 Å². The Morgan fingerprint density at radius 1 is 1.22 bits per heavy atom. The number of sulfonamides is 1. The molecule has 0 bridgehead atoms. The smallest absolute Gasteiger partial charge is 0.261 e. The molecule has 11 heteroatoms. The van der Waals surface area contributed by atoms with E-state index in [0.717, 1.165) is 12.1 Å². The summed E-state index contributed by atoms with van der Waals surface area (Å²) in [6.45, 7) is 5.12. The van der Waals surface area contributed by atoms with Crippen molar-refractivity contribution >= 4 is 44.1 Å². The molecule has 3 N–H and O–H groups in total. The minimum Gasteiger partial charge on any atom is -0.345 e. The summed E-state index contributed by atoms with van der Waals surface area (Å²) in [4.78, 5) is 32.0. The first kappa shape index (κ1) is 23.3. The second kappa shape index (κ2) is 9.03. The van der Waals surface area contributed by atoms with Crippen LogP contribution in [0.5, 0.6) is 0 Å². The SMILES string of the molecule is CCCS(=O)(=O)Nc1ccc(F)c(C(=O)Nc2cnc3[nH]cc(C(=O)C(C)C)c3c2)c1F. The number of amides is 1. The van der Waals surface area contributed by atoms with Crippen LogP contribution in [-0.4, -0.2) is 35.8 Å². The number of benzene rings is 1. The number of fused-ring (bicyclic) bond motifs is 1. The second-order valence-electron chi connectivity index (χ2n) is 7.50. The minimum absolute atomic E-state index is 0.107. The van der Waals surface area contributed by atoms with Gasteiger partial charge in [0.15, 0.2) is 11.6 Å². The van der Waals surface area contributed by atoms with Crippen molar-refractivity contribution in [2.24, 2.45) is 5.92 Å². The van der Waals surface area contributed by atoms with E-state index in [2.05, 4.69) is 15.3 Å². The van der Waals surface area contributed by atoms with Crippen molar-refractivity contribution < 1.29 is 26.8 Å². The summed E-state index contributed by atoms with van der Waals surface area (Å²) in [5.41, 5.74) is -0.584. The number of pyridine rings is 1. The van der Waals surface area contributed by atoms with Crippen LogP contribution in [0.15, 0.2) is 30.6 Å². The average Bonchev–Trinajstić information content (AvgIpc) is 3.12. The Morgan fingerprint density at radius 3 is 2.59 bits per heavy atom. The van der Waals surface area contributed by atoms with E-state index in [-0.39, 0.29) is 23.1 Å². The molecule has 0 aliphatic carbocycles. The maximum atomic E-state index is 14.8. The van der Waals surface area contributed by atoms with Gasteiger partial charge in [0.1, 0.15) is 17.0 Å². The molecular weight excluding hydrogens is 442 g/mol. The van der Waals surface area contributed by atoms with Gasteiger partial charge < -0.3 is 10.3 Å². The molecule has 1 aromatic carbocycles. The number of anilines is 2. The molecule has 170 valence electrons. The Morgan fingerprint density at radius 2 is 1.94 bits per heavy atom. The van der Waals surface area contributed by atoms with E-state index in [1.165, 1.54) is 18.5 Å². The zero-order valence-electron chi connectivity index (χ0n) is 17.6. The lowest BCUT2D eigenvalue weighted by atomic mass is 10.0. The third-order valence-corrected chi connectivity index (χ3v) is 6.11. The Bertz CT molecular complexity index is 1300. The van der Waals surface area contributed by atoms with Crippen molar-refractivity contribution in [2.45, 2.75) is 27.2 Å². The highest BCUT2D eigenvalue weighted by molar-refractivity contribution is 7.92. The number of carbonyl (C=O) groups is 2. The van der Waals surface area contributed by atoms with Crippen molar-refractivity contribution in [2.75, 3.05) is 15.8 Å². The van der Waals surface area contributed by atoms with Gasteiger partial charge in [0.05, 0.1) is 23.3 Å². The Labute approximate surface area is 183 Å². The molecule has 2 heterocycles. The first-order valence-electron chi connectivity index (χ1n) is 9.85. The number of halogens is 2. The molecule has 0 saturated heterocycles. The third kappa shape index (κ3) is 4.77. The Balaban J connectivity index is 1.93. The molecule has 0 spiro atoms. The first-order chi connectivity index (χ1) is 15.0. The molecule has 0 aliphatic heterocycles. The maximum absolute atomic E-state index is 14.8. The van der Waals surface area contributed by atoms with Gasteiger partial charge in [-0.25, -0.2) is 22.2 Å². The van der Waals surface area contributed by atoms with Crippen LogP contribution in [0.4, 0.5) is 20.2 Å². The van der Waals surface area contributed by atoms with Crippen molar-refractivity contribution in [1.82, 2.24) is 9.97 Å². The van der Waals surface area contributed by atoms with E-state index < -0.39 is 38.8 Å². The highest BCUT2D eigenvalue weighted by atomic mass is 32.2. The summed E-state index contributed by atoms with van der Waals surface area (Å²) in [6, 6.07) is 3.18. The van der Waals surface area contributed by atoms with E-state index in [9.17, 15) is 26.8 Å². The predicted octanol–water partition coefficient (Wildman–Crippen LogP) is 4.08. The number of H-pyrrole nitrogens is 1. The number of aromatic nitrogens is 2. The maximum Gasteiger partial charge on any atom is 0.261 e. The van der Waals surface area contributed by atoms with Crippen LogP contribution in [-0.2, 0) is 10.0 Å². The number of hydrogen-bond donors (Lipinski definition) is 3. The number of nitrogens with zero attached hydrogens (tertiary/aromatic N) is 1.